The molecule has 130 valence electrons. The lowest BCUT2D eigenvalue weighted by Gasteiger charge is -2.12. The molecule has 5 nitrogen and oxygen atoms in total. The van der Waals surface area contributed by atoms with E-state index in [9.17, 15) is 9.59 Å². The Labute approximate surface area is 153 Å². The SMILES string of the molecule is C=CCOc1ccc(C2NC(=O)c3oc4ccc(Cl)cc4c(=O)c32)cc1. The fourth-order valence-corrected chi connectivity index (χ4v) is 3.22. The van der Waals surface area contributed by atoms with Crippen LogP contribution in [0, 0.1) is 0 Å². The summed E-state index contributed by atoms with van der Waals surface area (Å²) in [5.41, 5.74) is 1.13. The molecule has 0 saturated heterocycles. The summed E-state index contributed by atoms with van der Waals surface area (Å²) in [6.45, 7) is 4.00. The maximum atomic E-state index is 13.0. The first-order valence-electron chi connectivity index (χ1n) is 7.99. The number of hydrogen-bond acceptors (Lipinski definition) is 4. The monoisotopic (exact) mass is 367 g/mol. The molecule has 26 heavy (non-hydrogen) atoms. The van der Waals surface area contributed by atoms with Crippen LogP contribution in [-0.2, 0) is 0 Å². The molecule has 1 amide bonds. The van der Waals surface area contributed by atoms with Gasteiger partial charge in [0.15, 0.2) is 5.43 Å². The molecule has 0 bridgehead atoms. The normalized spacial score (nSPS) is 15.6. The first kappa shape index (κ1) is 16.4. The fourth-order valence-electron chi connectivity index (χ4n) is 3.04. The Bertz CT molecular complexity index is 1090. The van der Waals surface area contributed by atoms with Crippen molar-refractivity contribution in [3.63, 3.8) is 0 Å². The maximum absolute atomic E-state index is 13.0. The number of carbonyl (C=O) groups excluding carboxylic acids is 1. The van der Waals surface area contributed by atoms with Gasteiger partial charge in [-0.2, -0.15) is 0 Å². The van der Waals surface area contributed by atoms with Gasteiger partial charge in [-0.15, -0.1) is 0 Å². The van der Waals surface area contributed by atoms with Crippen LogP contribution in [-0.4, -0.2) is 12.5 Å². The number of amides is 1. The van der Waals surface area contributed by atoms with E-state index in [2.05, 4.69) is 11.9 Å². The van der Waals surface area contributed by atoms with Crippen LogP contribution in [0.5, 0.6) is 5.75 Å². The first-order chi connectivity index (χ1) is 12.6. The number of benzene rings is 2. The third kappa shape index (κ3) is 2.66. The number of fused-ring (bicyclic) bond motifs is 2. The fraction of sp³-hybridized carbons (Fsp3) is 0.100. The predicted molar refractivity (Wildman–Crippen MR) is 98.9 cm³/mol. The van der Waals surface area contributed by atoms with Gasteiger partial charge in [0.05, 0.1) is 17.0 Å². The second-order valence-electron chi connectivity index (χ2n) is 5.89. The highest BCUT2D eigenvalue weighted by Gasteiger charge is 2.35. The van der Waals surface area contributed by atoms with Crippen molar-refractivity contribution in [3.05, 3.63) is 87.3 Å². The number of nitrogens with one attached hydrogen (secondary N) is 1. The maximum Gasteiger partial charge on any atom is 0.288 e. The summed E-state index contributed by atoms with van der Waals surface area (Å²) in [4.78, 5) is 25.3. The molecule has 1 N–H and O–H groups in total. The molecule has 3 aromatic rings. The molecule has 0 spiro atoms. The highest BCUT2D eigenvalue weighted by Crippen LogP contribution is 2.32. The van der Waals surface area contributed by atoms with Gasteiger partial charge in [0, 0.05) is 5.02 Å². The van der Waals surface area contributed by atoms with Gasteiger partial charge in [0.25, 0.3) is 5.91 Å². The highest BCUT2D eigenvalue weighted by molar-refractivity contribution is 6.31. The van der Waals surface area contributed by atoms with Crippen LogP contribution >= 0.6 is 11.6 Å². The second kappa shape index (κ2) is 6.35. The lowest BCUT2D eigenvalue weighted by molar-refractivity contribution is 0.0938. The van der Waals surface area contributed by atoms with Crippen molar-refractivity contribution < 1.29 is 13.9 Å². The molecule has 1 aromatic heterocycles. The van der Waals surface area contributed by atoms with Gasteiger partial charge in [-0.3, -0.25) is 9.59 Å². The van der Waals surface area contributed by atoms with Gasteiger partial charge < -0.3 is 14.5 Å². The van der Waals surface area contributed by atoms with Crippen molar-refractivity contribution >= 4 is 28.5 Å². The summed E-state index contributed by atoms with van der Waals surface area (Å²) in [5, 5.41) is 3.59. The average molecular weight is 368 g/mol. The quantitative estimate of drug-likeness (QED) is 0.711. The van der Waals surface area contributed by atoms with Gasteiger partial charge in [-0.25, -0.2) is 0 Å². The summed E-state index contributed by atoms with van der Waals surface area (Å²) in [5.74, 6) is 0.309. The van der Waals surface area contributed by atoms with Crippen LogP contribution in [0.3, 0.4) is 0 Å². The van der Waals surface area contributed by atoms with E-state index in [1.54, 1.807) is 48.5 Å². The van der Waals surface area contributed by atoms with Crippen LogP contribution < -0.4 is 15.5 Å². The molecule has 0 saturated carbocycles. The molecule has 4 rings (SSSR count). The standard InChI is InChI=1S/C20H14ClNO4/c1-2-9-25-13-6-3-11(4-7-13)17-16-18(23)14-10-12(21)5-8-15(14)26-19(16)20(24)22-17/h2-8,10,17H,1,9H2,(H,22,24). The Kier molecular flexibility index (Phi) is 4.01. The summed E-state index contributed by atoms with van der Waals surface area (Å²) in [6, 6.07) is 11.3. The number of carbonyl (C=O) groups is 1. The van der Waals surface area contributed by atoms with Crippen LogP contribution in [0.4, 0.5) is 0 Å². The summed E-state index contributed by atoms with van der Waals surface area (Å²) in [7, 11) is 0. The minimum Gasteiger partial charge on any atom is -0.490 e. The molecule has 1 aliphatic rings. The van der Waals surface area contributed by atoms with Crippen LogP contribution in [0.1, 0.15) is 27.7 Å². The van der Waals surface area contributed by atoms with Crippen LogP contribution in [0.15, 0.2) is 64.3 Å². The minimum absolute atomic E-state index is 0.0433. The number of ether oxygens (including phenoxy) is 1. The summed E-state index contributed by atoms with van der Waals surface area (Å²) in [6.07, 6.45) is 1.66. The number of rotatable bonds is 4. The largest absolute Gasteiger partial charge is 0.490 e. The van der Waals surface area contributed by atoms with E-state index in [4.69, 9.17) is 20.8 Å². The lowest BCUT2D eigenvalue weighted by Crippen LogP contribution is -2.21. The van der Waals surface area contributed by atoms with Crippen molar-refractivity contribution in [3.8, 4) is 5.75 Å². The van der Waals surface area contributed by atoms with Crippen molar-refractivity contribution in [1.29, 1.82) is 0 Å². The molecular weight excluding hydrogens is 354 g/mol. The minimum atomic E-state index is -0.578. The van der Waals surface area contributed by atoms with Crippen molar-refractivity contribution in [2.75, 3.05) is 6.61 Å². The Balaban J connectivity index is 1.81. The van der Waals surface area contributed by atoms with E-state index in [1.165, 1.54) is 0 Å². The highest BCUT2D eigenvalue weighted by atomic mass is 35.5. The molecule has 2 heterocycles. The zero-order valence-electron chi connectivity index (χ0n) is 13.6. The van der Waals surface area contributed by atoms with Crippen molar-refractivity contribution in [2.45, 2.75) is 6.04 Å². The summed E-state index contributed by atoms with van der Waals surface area (Å²) >= 11 is 6.00. The molecule has 6 heteroatoms. The summed E-state index contributed by atoms with van der Waals surface area (Å²) < 4.78 is 11.1. The Morgan fingerprint density at radius 2 is 1.96 bits per heavy atom. The Hall–Kier alpha value is -3.05. The molecular formula is C20H14ClNO4. The van der Waals surface area contributed by atoms with Crippen molar-refractivity contribution in [1.82, 2.24) is 5.32 Å². The number of halogens is 1. The molecule has 2 aromatic carbocycles. The zero-order chi connectivity index (χ0) is 18.3. The van der Waals surface area contributed by atoms with E-state index in [-0.39, 0.29) is 11.2 Å². The first-order valence-corrected chi connectivity index (χ1v) is 8.37. The van der Waals surface area contributed by atoms with E-state index < -0.39 is 11.9 Å². The molecule has 0 aliphatic carbocycles. The third-order valence-electron chi connectivity index (χ3n) is 4.24. The van der Waals surface area contributed by atoms with Crippen LogP contribution in [0.2, 0.25) is 5.02 Å². The van der Waals surface area contributed by atoms with Crippen LogP contribution in [0.25, 0.3) is 11.0 Å². The zero-order valence-corrected chi connectivity index (χ0v) is 14.4. The number of hydrogen-bond donors (Lipinski definition) is 1. The Morgan fingerprint density at radius 1 is 1.19 bits per heavy atom. The van der Waals surface area contributed by atoms with E-state index in [0.717, 1.165) is 5.56 Å². The average Bonchev–Trinajstić information content (AvgIpc) is 2.98. The van der Waals surface area contributed by atoms with Gasteiger partial charge in [0.2, 0.25) is 5.76 Å². The van der Waals surface area contributed by atoms with Gasteiger partial charge in [0.1, 0.15) is 17.9 Å². The van der Waals surface area contributed by atoms with Crippen molar-refractivity contribution in [2.24, 2.45) is 0 Å². The third-order valence-corrected chi connectivity index (χ3v) is 4.47. The molecule has 0 fully saturated rings. The van der Waals surface area contributed by atoms with Gasteiger partial charge in [-0.05, 0) is 35.9 Å². The topological polar surface area (TPSA) is 68.5 Å². The second-order valence-corrected chi connectivity index (χ2v) is 6.33. The lowest BCUT2D eigenvalue weighted by atomic mass is 9.99. The van der Waals surface area contributed by atoms with E-state index in [0.29, 0.717) is 33.9 Å². The Morgan fingerprint density at radius 3 is 2.69 bits per heavy atom. The smallest absolute Gasteiger partial charge is 0.288 e. The molecule has 1 unspecified atom stereocenters. The van der Waals surface area contributed by atoms with E-state index in [1.807, 2.05) is 0 Å². The predicted octanol–water partition coefficient (Wildman–Crippen LogP) is 3.84. The molecule has 1 atom stereocenters. The molecule has 1 aliphatic heterocycles. The molecule has 0 radical (unpaired) electrons. The van der Waals surface area contributed by atoms with Gasteiger partial charge >= 0.3 is 0 Å². The van der Waals surface area contributed by atoms with E-state index >= 15 is 0 Å². The van der Waals surface area contributed by atoms with Gasteiger partial charge in [-0.1, -0.05) is 36.4 Å².